The number of hydrogen-bond acceptors (Lipinski definition) is 2. The zero-order chi connectivity index (χ0) is 14.1. The minimum atomic E-state index is -0.298. The van der Waals surface area contributed by atoms with Crippen molar-refractivity contribution >= 4 is 23.2 Å². The minimum absolute atomic E-state index is 0.298. The van der Waals surface area contributed by atoms with Crippen LogP contribution in [-0.2, 0) is 0 Å². The van der Waals surface area contributed by atoms with Gasteiger partial charge < -0.3 is 0 Å². The first kappa shape index (κ1) is 13.8. The summed E-state index contributed by atoms with van der Waals surface area (Å²) in [5.41, 5.74) is 1.56. The van der Waals surface area contributed by atoms with Gasteiger partial charge in [0, 0.05) is 11.1 Å². The topological polar surface area (TPSA) is 25.8 Å². The highest BCUT2D eigenvalue weighted by molar-refractivity contribution is 6.34. The first-order valence-electron chi connectivity index (χ1n) is 6.64. The molecule has 104 valence electrons. The van der Waals surface area contributed by atoms with Crippen LogP contribution in [0.15, 0.2) is 24.3 Å². The molecule has 2 nitrogen and oxygen atoms in total. The van der Waals surface area contributed by atoms with Gasteiger partial charge in [-0.15, -0.1) is 0 Å². The van der Waals surface area contributed by atoms with E-state index in [0.717, 1.165) is 18.4 Å². The Hall–Kier alpha value is -1.19. The van der Waals surface area contributed by atoms with Crippen molar-refractivity contribution in [2.24, 2.45) is 0 Å². The molecule has 1 aliphatic rings. The quantitative estimate of drug-likeness (QED) is 0.708. The fourth-order valence-electron chi connectivity index (χ4n) is 2.70. The van der Waals surface area contributed by atoms with Crippen LogP contribution in [0.2, 0.25) is 10.3 Å². The Labute approximate surface area is 127 Å². The van der Waals surface area contributed by atoms with Crippen molar-refractivity contribution in [1.82, 2.24) is 9.97 Å². The van der Waals surface area contributed by atoms with Gasteiger partial charge in [0.25, 0.3) is 0 Å². The molecule has 0 radical (unpaired) electrons. The lowest BCUT2D eigenvalue weighted by Gasteiger charge is -2.13. The molecule has 0 unspecified atom stereocenters. The number of nitrogens with zero attached hydrogens (tertiary/aromatic N) is 2. The first-order valence-corrected chi connectivity index (χ1v) is 7.39. The maximum atomic E-state index is 12.9. The van der Waals surface area contributed by atoms with Crippen molar-refractivity contribution < 1.29 is 4.39 Å². The normalized spacial score (nSPS) is 15.8. The van der Waals surface area contributed by atoms with E-state index in [2.05, 4.69) is 9.97 Å². The molecule has 1 saturated carbocycles. The SMILES string of the molecule is Fc1ccc(-c2nc(Cl)c(C3CCCC3)c(Cl)n2)cc1. The number of rotatable bonds is 2. The molecule has 20 heavy (non-hydrogen) atoms. The average Bonchev–Trinajstić information content (AvgIpc) is 2.92. The molecule has 0 bridgehead atoms. The Morgan fingerprint density at radius 1 is 0.950 bits per heavy atom. The Balaban J connectivity index is 2.00. The van der Waals surface area contributed by atoms with Crippen LogP contribution in [0.3, 0.4) is 0 Å². The molecule has 0 amide bonds. The molecular weight excluding hydrogens is 298 g/mol. The number of halogens is 3. The summed E-state index contributed by atoms with van der Waals surface area (Å²) in [4.78, 5) is 8.65. The monoisotopic (exact) mass is 310 g/mol. The smallest absolute Gasteiger partial charge is 0.162 e. The molecule has 3 rings (SSSR count). The van der Waals surface area contributed by atoms with Crippen LogP contribution in [0.4, 0.5) is 4.39 Å². The molecule has 1 aromatic carbocycles. The maximum Gasteiger partial charge on any atom is 0.162 e. The second-order valence-electron chi connectivity index (χ2n) is 5.03. The summed E-state index contributed by atoms with van der Waals surface area (Å²) in [5, 5.41) is 0.826. The highest BCUT2D eigenvalue weighted by Crippen LogP contribution is 2.40. The third-order valence-electron chi connectivity index (χ3n) is 3.72. The predicted molar refractivity (Wildman–Crippen MR) is 78.7 cm³/mol. The van der Waals surface area contributed by atoms with Gasteiger partial charge in [-0.25, -0.2) is 14.4 Å². The summed E-state index contributed by atoms with van der Waals surface area (Å²) >= 11 is 12.6. The van der Waals surface area contributed by atoms with Crippen LogP contribution in [0.1, 0.15) is 37.2 Å². The van der Waals surface area contributed by atoms with Gasteiger partial charge in [0.1, 0.15) is 16.1 Å². The second kappa shape index (κ2) is 5.66. The summed E-state index contributed by atoms with van der Waals surface area (Å²) in [5.74, 6) is 0.493. The van der Waals surface area contributed by atoms with E-state index >= 15 is 0 Å². The van der Waals surface area contributed by atoms with Crippen LogP contribution < -0.4 is 0 Å². The summed E-state index contributed by atoms with van der Waals surface area (Å²) in [6, 6.07) is 5.97. The van der Waals surface area contributed by atoms with Crippen LogP contribution >= 0.6 is 23.2 Å². The van der Waals surface area contributed by atoms with Crippen LogP contribution in [0, 0.1) is 5.82 Å². The summed E-state index contributed by atoms with van der Waals surface area (Å²) in [6.45, 7) is 0. The largest absolute Gasteiger partial charge is 0.216 e. The van der Waals surface area contributed by atoms with E-state index in [4.69, 9.17) is 23.2 Å². The summed E-state index contributed by atoms with van der Waals surface area (Å²) < 4.78 is 12.9. The second-order valence-corrected chi connectivity index (χ2v) is 5.75. The fraction of sp³-hybridized carbons (Fsp3) is 0.333. The molecule has 1 aliphatic carbocycles. The molecule has 0 atom stereocenters. The van der Waals surface area contributed by atoms with Crippen molar-refractivity contribution in [3.05, 3.63) is 46.0 Å². The Morgan fingerprint density at radius 3 is 2.05 bits per heavy atom. The van der Waals surface area contributed by atoms with Gasteiger partial charge in [-0.1, -0.05) is 36.0 Å². The van der Waals surface area contributed by atoms with Gasteiger partial charge in [0.2, 0.25) is 0 Å². The molecule has 0 aliphatic heterocycles. The van der Waals surface area contributed by atoms with Gasteiger partial charge in [-0.3, -0.25) is 0 Å². The standard InChI is InChI=1S/C15H13Cl2FN2/c16-13-12(9-3-1-2-4-9)14(17)20-15(19-13)10-5-7-11(18)8-6-10/h5-9H,1-4H2. The molecule has 0 spiro atoms. The average molecular weight is 311 g/mol. The third-order valence-corrected chi connectivity index (χ3v) is 4.29. The van der Waals surface area contributed by atoms with Crippen molar-refractivity contribution in [3.8, 4) is 11.4 Å². The maximum absolute atomic E-state index is 12.9. The lowest BCUT2D eigenvalue weighted by molar-refractivity contribution is 0.628. The zero-order valence-electron chi connectivity index (χ0n) is 10.7. The lowest BCUT2D eigenvalue weighted by atomic mass is 10.0. The van der Waals surface area contributed by atoms with Crippen LogP contribution in [-0.4, -0.2) is 9.97 Å². The van der Waals surface area contributed by atoms with E-state index in [1.165, 1.54) is 25.0 Å². The van der Waals surface area contributed by atoms with Gasteiger partial charge in [-0.05, 0) is 43.0 Å². The Bertz CT molecular complexity index is 599. The van der Waals surface area contributed by atoms with Crippen molar-refractivity contribution in [1.29, 1.82) is 0 Å². The van der Waals surface area contributed by atoms with E-state index in [1.54, 1.807) is 12.1 Å². The number of benzene rings is 1. The van der Waals surface area contributed by atoms with E-state index in [-0.39, 0.29) is 5.82 Å². The van der Waals surface area contributed by atoms with Gasteiger partial charge in [0.15, 0.2) is 5.82 Å². The molecule has 0 N–H and O–H groups in total. The lowest BCUT2D eigenvalue weighted by Crippen LogP contribution is -2.01. The molecular formula is C15H13Cl2FN2. The summed E-state index contributed by atoms with van der Waals surface area (Å²) in [7, 11) is 0. The zero-order valence-corrected chi connectivity index (χ0v) is 12.3. The van der Waals surface area contributed by atoms with Gasteiger partial charge >= 0.3 is 0 Å². The Morgan fingerprint density at radius 2 is 1.50 bits per heavy atom. The van der Waals surface area contributed by atoms with E-state index in [1.807, 2.05) is 0 Å². The number of hydrogen-bond donors (Lipinski definition) is 0. The highest BCUT2D eigenvalue weighted by Gasteiger charge is 2.24. The van der Waals surface area contributed by atoms with Gasteiger partial charge in [0.05, 0.1) is 0 Å². The van der Waals surface area contributed by atoms with Crippen molar-refractivity contribution in [2.75, 3.05) is 0 Å². The first-order chi connectivity index (χ1) is 9.65. The van der Waals surface area contributed by atoms with Crippen molar-refractivity contribution in [2.45, 2.75) is 31.6 Å². The predicted octanol–water partition coefficient (Wildman–Crippen LogP) is 5.25. The molecule has 1 heterocycles. The fourth-order valence-corrected chi connectivity index (χ4v) is 3.39. The Kier molecular flexibility index (Phi) is 3.90. The molecule has 0 saturated heterocycles. The third kappa shape index (κ3) is 2.65. The molecule has 1 aromatic heterocycles. The van der Waals surface area contributed by atoms with Crippen LogP contribution in [0.25, 0.3) is 11.4 Å². The molecule has 2 aromatic rings. The molecule has 1 fully saturated rings. The van der Waals surface area contributed by atoms with Crippen LogP contribution in [0.5, 0.6) is 0 Å². The summed E-state index contributed by atoms with van der Waals surface area (Å²) in [6.07, 6.45) is 4.55. The minimum Gasteiger partial charge on any atom is -0.216 e. The van der Waals surface area contributed by atoms with Gasteiger partial charge in [-0.2, -0.15) is 0 Å². The van der Waals surface area contributed by atoms with E-state index in [9.17, 15) is 4.39 Å². The molecule has 5 heteroatoms. The van der Waals surface area contributed by atoms with Crippen molar-refractivity contribution in [3.63, 3.8) is 0 Å². The van der Waals surface area contributed by atoms with E-state index in [0.29, 0.717) is 27.6 Å². The van der Waals surface area contributed by atoms with E-state index < -0.39 is 0 Å². The number of aromatic nitrogens is 2. The highest BCUT2D eigenvalue weighted by atomic mass is 35.5.